The van der Waals surface area contributed by atoms with Crippen molar-refractivity contribution >= 4 is 45.0 Å². The Bertz CT molecular complexity index is 1040. The van der Waals surface area contributed by atoms with Gasteiger partial charge in [-0.3, -0.25) is 4.79 Å². The SMILES string of the molecule is CCOc1ccc(CN(C(=O)/C=C/c2ccc(Cl)cc2Cl)C2CCS(=O)(=O)C2)cc1. The van der Waals surface area contributed by atoms with Crippen molar-refractivity contribution in [1.82, 2.24) is 4.90 Å². The van der Waals surface area contributed by atoms with Crippen molar-refractivity contribution in [3.05, 3.63) is 69.7 Å². The lowest BCUT2D eigenvalue weighted by atomic mass is 10.1. The third-order valence-corrected chi connectivity index (χ3v) is 7.20. The molecule has 8 heteroatoms. The molecular weight excluding hydrogens is 445 g/mol. The van der Waals surface area contributed by atoms with E-state index in [1.165, 1.54) is 6.08 Å². The van der Waals surface area contributed by atoms with E-state index in [2.05, 4.69) is 0 Å². The number of carbonyl (C=O) groups excluding carboxylic acids is 1. The maximum absolute atomic E-state index is 13.0. The molecule has 160 valence electrons. The summed E-state index contributed by atoms with van der Waals surface area (Å²) in [6, 6.07) is 12.1. The Morgan fingerprint density at radius 3 is 2.53 bits per heavy atom. The fourth-order valence-electron chi connectivity index (χ4n) is 3.36. The quantitative estimate of drug-likeness (QED) is 0.557. The molecule has 1 amide bonds. The molecule has 0 N–H and O–H groups in total. The largest absolute Gasteiger partial charge is 0.494 e. The first-order valence-corrected chi connectivity index (χ1v) is 12.2. The molecule has 0 radical (unpaired) electrons. The van der Waals surface area contributed by atoms with E-state index in [-0.39, 0.29) is 23.5 Å². The Kier molecular flexibility index (Phi) is 7.45. The average molecular weight is 468 g/mol. The highest BCUT2D eigenvalue weighted by Gasteiger charge is 2.34. The minimum Gasteiger partial charge on any atom is -0.494 e. The Morgan fingerprint density at radius 1 is 1.20 bits per heavy atom. The molecule has 2 aromatic carbocycles. The van der Waals surface area contributed by atoms with Crippen LogP contribution in [0.15, 0.2) is 48.5 Å². The number of benzene rings is 2. The molecule has 0 aliphatic carbocycles. The molecule has 1 heterocycles. The number of hydrogen-bond donors (Lipinski definition) is 0. The molecule has 0 saturated carbocycles. The maximum Gasteiger partial charge on any atom is 0.247 e. The van der Waals surface area contributed by atoms with Crippen LogP contribution in [0.5, 0.6) is 5.75 Å². The van der Waals surface area contributed by atoms with E-state index in [1.807, 2.05) is 31.2 Å². The van der Waals surface area contributed by atoms with Gasteiger partial charge in [-0.15, -0.1) is 0 Å². The van der Waals surface area contributed by atoms with E-state index < -0.39 is 9.84 Å². The van der Waals surface area contributed by atoms with E-state index in [0.717, 1.165) is 11.3 Å². The van der Waals surface area contributed by atoms with Gasteiger partial charge in [-0.2, -0.15) is 0 Å². The van der Waals surface area contributed by atoms with Crippen LogP contribution >= 0.6 is 23.2 Å². The monoisotopic (exact) mass is 467 g/mol. The van der Waals surface area contributed by atoms with Gasteiger partial charge >= 0.3 is 0 Å². The van der Waals surface area contributed by atoms with Gasteiger partial charge in [0.15, 0.2) is 9.84 Å². The Hall–Kier alpha value is -2.02. The minimum atomic E-state index is -3.13. The number of sulfone groups is 1. The Morgan fingerprint density at radius 2 is 1.93 bits per heavy atom. The van der Waals surface area contributed by atoms with E-state index in [9.17, 15) is 13.2 Å². The molecule has 2 aromatic rings. The molecule has 1 atom stereocenters. The van der Waals surface area contributed by atoms with Crippen LogP contribution in [-0.2, 0) is 21.2 Å². The van der Waals surface area contributed by atoms with Crippen molar-refractivity contribution in [2.24, 2.45) is 0 Å². The first kappa shape index (κ1) is 22.7. The van der Waals surface area contributed by atoms with Gasteiger partial charge in [0.25, 0.3) is 0 Å². The van der Waals surface area contributed by atoms with Crippen LogP contribution in [-0.4, -0.2) is 43.4 Å². The highest BCUT2D eigenvalue weighted by atomic mass is 35.5. The van der Waals surface area contributed by atoms with Crippen LogP contribution in [0.2, 0.25) is 10.0 Å². The van der Waals surface area contributed by atoms with Gasteiger partial charge in [-0.25, -0.2) is 8.42 Å². The number of halogens is 2. The zero-order valence-corrected chi connectivity index (χ0v) is 18.9. The van der Waals surface area contributed by atoms with Gasteiger partial charge in [0.2, 0.25) is 5.91 Å². The fourth-order valence-corrected chi connectivity index (χ4v) is 5.56. The summed E-state index contributed by atoms with van der Waals surface area (Å²) in [4.78, 5) is 14.6. The average Bonchev–Trinajstić information content (AvgIpc) is 3.06. The third kappa shape index (κ3) is 6.00. The summed E-state index contributed by atoms with van der Waals surface area (Å²) >= 11 is 12.1. The Labute approximate surface area is 187 Å². The molecule has 0 aromatic heterocycles. The second kappa shape index (κ2) is 9.86. The molecule has 3 rings (SSSR count). The van der Waals surface area contributed by atoms with Gasteiger partial charge in [0.1, 0.15) is 5.75 Å². The van der Waals surface area contributed by atoms with Crippen molar-refractivity contribution in [3.63, 3.8) is 0 Å². The van der Waals surface area contributed by atoms with Crippen molar-refractivity contribution in [3.8, 4) is 5.75 Å². The number of carbonyl (C=O) groups is 1. The van der Waals surface area contributed by atoms with Crippen LogP contribution in [0.1, 0.15) is 24.5 Å². The second-order valence-electron chi connectivity index (χ2n) is 7.10. The minimum absolute atomic E-state index is 0.0225. The number of rotatable bonds is 7. The zero-order valence-electron chi connectivity index (χ0n) is 16.6. The van der Waals surface area contributed by atoms with Crippen LogP contribution in [0, 0.1) is 0 Å². The molecule has 0 spiro atoms. The number of hydrogen-bond acceptors (Lipinski definition) is 4. The molecule has 1 unspecified atom stereocenters. The normalized spacial score (nSPS) is 17.9. The van der Waals surface area contributed by atoms with Crippen LogP contribution in [0.4, 0.5) is 0 Å². The molecule has 1 saturated heterocycles. The van der Waals surface area contributed by atoms with Gasteiger partial charge in [0, 0.05) is 28.7 Å². The molecule has 1 aliphatic rings. The van der Waals surface area contributed by atoms with Crippen molar-refractivity contribution in [1.29, 1.82) is 0 Å². The van der Waals surface area contributed by atoms with E-state index in [0.29, 0.717) is 35.2 Å². The fraction of sp³-hybridized carbons (Fsp3) is 0.318. The van der Waals surface area contributed by atoms with Crippen molar-refractivity contribution in [2.45, 2.75) is 25.9 Å². The highest BCUT2D eigenvalue weighted by Crippen LogP contribution is 2.24. The van der Waals surface area contributed by atoms with E-state index in [1.54, 1.807) is 29.2 Å². The highest BCUT2D eigenvalue weighted by molar-refractivity contribution is 7.91. The lowest BCUT2D eigenvalue weighted by Gasteiger charge is -2.27. The van der Waals surface area contributed by atoms with Crippen molar-refractivity contribution < 1.29 is 17.9 Å². The van der Waals surface area contributed by atoms with Crippen LogP contribution in [0.3, 0.4) is 0 Å². The lowest BCUT2D eigenvalue weighted by Crippen LogP contribution is -2.39. The molecule has 0 bridgehead atoms. The Balaban J connectivity index is 1.81. The number of ether oxygens (including phenoxy) is 1. The summed E-state index contributed by atoms with van der Waals surface area (Å²) in [6.07, 6.45) is 3.48. The van der Waals surface area contributed by atoms with Crippen LogP contribution < -0.4 is 4.74 Å². The topological polar surface area (TPSA) is 63.7 Å². The van der Waals surface area contributed by atoms with Crippen molar-refractivity contribution in [2.75, 3.05) is 18.1 Å². The van der Waals surface area contributed by atoms with E-state index >= 15 is 0 Å². The summed E-state index contributed by atoms with van der Waals surface area (Å²) in [5, 5.41) is 0.949. The smallest absolute Gasteiger partial charge is 0.247 e. The first-order chi connectivity index (χ1) is 14.3. The summed E-state index contributed by atoms with van der Waals surface area (Å²) in [6.45, 7) is 2.79. The standard InChI is InChI=1S/C22H23Cl2NO4S/c1-2-29-20-8-3-16(4-9-20)14-25(19-11-12-30(27,28)15-19)22(26)10-6-17-5-7-18(23)13-21(17)24/h3-10,13,19H,2,11-12,14-15H2,1H3/b10-6+. The maximum atomic E-state index is 13.0. The molecule has 1 aliphatic heterocycles. The number of nitrogens with zero attached hydrogens (tertiary/aromatic N) is 1. The summed E-state index contributed by atoms with van der Waals surface area (Å²) in [7, 11) is -3.13. The van der Waals surface area contributed by atoms with Gasteiger partial charge in [-0.1, -0.05) is 41.4 Å². The first-order valence-electron chi connectivity index (χ1n) is 9.63. The second-order valence-corrected chi connectivity index (χ2v) is 10.2. The predicted molar refractivity (Wildman–Crippen MR) is 121 cm³/mol. The van der Waals surface area contributed by atoms with Gasteiger partial charge in [-0.05, 0) is 54.8 Å². The summed E-state index contributed by atoms with van der Waals surface area (Å²) < 4.78 is 29.4. The molecule has 5 nitrogen and oxygen atoms in total. The lowest BCUT2D eigenvalue weighted by molar-refractivity contribution is -0.128. The van der Waals surface area contributed by atoms with Gasteiger partial charge in [0.05, 0.1) is 18.1 Å². The third-order valence-electron chi connectivity index (χ3n) is 4.89. The summed E-state index contributed by atoms with van der Waals surface area (Å²) in [5.41, 5.74) is 1.56. The molecular formula is C22H23Cl2NO4S. The molecule has 1 fully saturated rings. The van der Waals surface area contributed by atoms with Crippen LogP contribution in [0.25, 0.3) is 6.08 Å². The predicted octanol–water partition coefficient (Wildman–Crippen LogP) is 4.62. The summed E-state index contributed by atoms with van der Waals surface area (Å²) in [5.74, 6) is 0.555. The molecule has 30 heavy (non-hydrogen) atoms. The van der Waals surface area contributed by atoms with Gasteiger partial charge < -0.3 is 9.64 Å². The zero-order chi connectivity index (χ0) is 21.7. The van der Waals surface area contributed by atoms with E-state index in [4.69, 9.17) is 27.9 Å². The number of amides is 1.